The minimum Gasteiger partial charge on any atom is -0.456 e. The van der Waals surface area contributed by atoms with Gasteiger partial charge in [0, 0.05) is 66.1 Å². The van der Waals surface area contributed by atoms with Crippen molar-refractivity contribution in [3.8, 4) is 22.5 Å². The Kier molecular flexibility index (Phi) is 11.4. The molecule has 0 bridgehead atoms. The molecule has 0 radical (unpaired) electrons. The van der Waals surface area contributed by atoms with Gasteiger partial charge in [0.1, 0.15) is 29.3 Å². The van der Waals surface area contributed by atoms with Crippen LogP contribution in [-0.2, 0) is 16.7 Å². The van der Waals surface area contributed by atoms with Crippen LogP contribution in [0.25, 0.3) is 33.4 Å². The summed E-state index contributed by atoms with van der Waals surface area (Å²) in [5.74, 6) is 0.650. The number of rotatable bonds is 15. The van der Waals surface area contributed by atoms with Crippen molar-refractivity contribution in [2.45, 2.75) is 64.8 Å². The standard InChI is InChI=1S/C34H45N3O5S/c1-5-36(6-2)26-14-17-28-31(22-26)42-32-23-27(37(7-3)8-4)15-18-29(32)34(28)30-16-13-25(21-33(30)43(39,40)41)24-35-19-11-9-10-12-20-38/h13-18,21-23,35,38H,5-12,19-20,24H2,1-4H3/p+1. The molecule has 4 rings (SSSR count). The summed E-state index contributed by atoms with van der Waals surface area (Å²) in [5.41, 5.74) is 4.37. The van der Waals surface area contributed by atoms with Gasteiger partial charge in [-0.3, -0.25) is 4.55 Å². The molecular formula is C34H46N3O5S+. The van der Waals surface area contributed by atoms with E-state index in [1.165, 1.54) is 0 Å². The molecule has 0 aromatic heterocycles. The maximum atomic E-state index is 12.8. The molecule has 2 aromatic rings. The highest BCUT2D eigenvalue weighted by molar-refractivity contribution is 7.86. The van der Waals surface area contributed by atoms with Crippen LogP contribution in [0.3, 0.4) is 0 Å². The van der Waals surface area contributed by atoms with Crippen LogP contribution in [0.5, 0.6) is 0 Å². The molecular weight excluding hydrogens is 562 g/mol. The fraction of sp³-hybridized carbons (Fsp3) is 0.441. The first kappa shape index (κ1) is 32.7. The average molecular weight is 609 g/mol. The van der Waals surface area contributed by atoms with E-state index < -0.39 is 10.1 Å². The lowest BCUT2D eigenvalue weighted by molar-refractivity contribution is 0.282. The van der Waals surface area contributed by atoms with Crippen molar-refractivity contribution < 1.29 is 22.5 Å². The first-order valence-corrected chi connectivity index (χ1v) is 16.9. The summed E-state index contributed by atoms with van der Waals surface area (Å²) in [7, 11) is -4.54. The number of benzene rings is 3. The molecule has 2 aromatic carbocycles. The number of hydrogen-bond acceptors (Lipinski definition) is 6. The third-order valence-corrected chi connectivity index (χ3v) is 9.02. The normalized spacial score (nSPS) is 11.9. The van der Waals surface area contributed by atoms with Crippen LogP contribution < -0.4 is 20.1 Å². The number of nitrogens with one attached hydrogen (secondary N) is 1. The van der Waals surface area contributed by atoms with Gasteiger partial charge in [-0.05, 0) is 76.9 Å². The Morgan fingerprint density at radius 2 is 1.58 bits per heavy atom. The summed E-state index contributed by atoms with van der Waals surface area (Å²) >= 11 is 0. The minimum atomic E-state index is -4.54. The van der Waals surface area contributed by atoms with Crippen molar-refractivity contribution in [3.05, 3.63) is 65.5 Å². The van der Waals surface area contributed by atoms with Crippen LogP contribution in [0.1, 0.15) is 58.9 Å². The van der Waals surface area contributed by atoms with Crippen LogP contribution in [0, 0.1) is 0 Å². The Hall–Kier alpha value is -3.24. The van der Waals surface area contributed by atoms with E-state index in [1.807, 2.05) is 42.5 Å². The monoisotopic (exact) mass is 608 g/mol. The summed E-state index contributed by atoms with van der Waals surface area (Å²) in [6.07, 6.45) is 3.79. The fourth-order valence-corrected chi connectivity index (χ4v) is 6.52. The van der Waals surface area contributed by atoms with Gasteiger partial charge in [0.25, 0.3) is 10.1 Å². The van der Waals surface area contributed by atoms with Gasteiger partial charge < -0.3 is 19.7 Å². The Morgan fingerprint density at radius 1 is 0.860 bits per heavy atom. The molecule has 9 heteroatoms. The van der Waals surface area contributed by atoms with Gasteiger partial charge in [-0.25, -0.2) is 4.58 Å². The van der Waals surface area contributed by atoms with Gasteiger partial charge in [-0.15, -0.1) is 0 Å². The largest absolute Gasteiger partial charge is 0.456 e. The average Bonchev–Trinajstić information content (AvgIpc) is 3.00. The maximum Gasteiger partial charge on any atom is 0.295 e. The van der Waals surface area contributed by atoms with E-state index in [-0.39, 0.29) is 11.5 Å². The molecule has 1 heterocycles. The van der Waals surface area contributed by atoms with E-state index in [0.717, 1.165) is 86.0 Å². The lowest BCUT2D eigenvalue weighted by Crippen LogP contribution is -2.29. The van der Waals surface area contributed by atoms with E-state index in [4.69, 9.17) is 9.52 Å². The van der Waals surface area contributed by atoms with Crippen LogP contribution in [0.4, 0.5) is 5.69 Å². The van der Waals surface area contributed by atoms with Crippen molar-refractivity contribution >= 4 is 26.8 Å². The predicted molar refractivity (Wildman–Crippen MR) is 175 cm³/mol. The van der Waals surface area contributed by atoms with Gasteiger partial charge in [-0.2, -0.15) is 8.42 Å². The number of aliphatic hydroxyl groups excluding tert-OH is 1. The predicted octanol–water partition coefficient (Wildman–Crippen LogP) is 5.75. The van der Waals surface area contributed by atoms with Crippen molar-refractivity contribution in [1.29, 1.82) is 0 Å². The van der Waals surface area contributed by atoms with E-state index in [2.05, 4.69) is 42.5 Å². The third kappa shape index (κ3) is 7.65. The lowest BCUT2D eigenvalue weighted by Gasteiger charge is -2.22. The molecule has 0 amide bonds. The second kappa shape index (κ2) is 15.0. The molecule has 0 unspecified atom stereocenters. The van der Waals surface area contributed by atoms with E-state index in [1.54, 1.807) is 12.1 Å². The number of nitrogens with zero attached hydrogens (tertiary/aromatic N) is 2. The van der Waals surface area contributed by atoms with E-state index in [0.29, 0.717) is 29.0 Å². The highest BCUT2D eigenvalue weighted by Gasteiger charge is 2.25. The Bertz CT molecular complexity index is 1670. The summed E-state index contributed by atoms with van der Waals surface area (Å²) in [5, 5.41) is 14.1. The van der Waals surface area contributed by atoms with Gasteiger partial charge in [0.15, 0.2) is 0 Å². The fourth-order valence-electron chi connectivity index (χ4n) is 5.77. The highest BCUT2D eigenvalue weighted by atomic mass is 32.2. The van der Waals surface area contributed by atoms with Crippen LogP contribution in [0.15, 0.2) is 63.9 Å². The van der Waals surface area contributed by atoms with Gasteiger partial charge in [0.2, 0.25) is 5.36 Å². The Morgan fingerprint density at radius 3 is 2.26 bits per heavy atom. The first-order valence-electron chi connectivity index (χ1n) is 15.5. The summed E-state index contributed by atoms with van der Waals surface area (Å²) < 4.78 is 44.9. The molecule has 0 spiro atoms. The van der Waals surface area contributed by atoms with E-state index >= 15 is 0 Å². The molecule has 43 heavy (non-hydrogen) atoms. The summed E-state index contributed by atoms with van der Waals surface area (Å²) in [6.45, 7) is 13.3. The zero-order valence-corrected chi connectivity index (χ0v) is 26.7. The third-order valence-electron chi connectivity index (χ3n) is 8.13. The smallest absolute Gasteiger partial charge is 0.295 e. The topological polar surface area (TPSA) is 106 Å². The minimum absolute atomic E-state index is 0.121. The maximum absolute atomic E-state index is 12.8. The molecule has 2 aliphatic rings. The number of fused-ring (bicyclic) bond motifs is 2. The zero-order chi connectivity index (χ0) is 31.0. The van der Waals surface area contributed by atoms with Gasteiger partial charge in [-0.1, -0.05) is 25.0 Å². The molecule has 8 nitrogen and oxygen atoms in total. The Labute approximate surface area is 255 Å². The number of unbranched alkanes of at least 4 members (excludes halogenated alkanes) is 3. The second-order valence-electron chi connectivity index (χ2n) is 10.8. The highest BCUT2D eigenvalue weighted by Crippen LogP contribution is 2.43. The van der Waals surface area contributed by atoms with Crippen LogP contribution in [-0.4, -0.2) is 57.4 Å². The lowest BCUT2D eigenvalue weighted by atomic mass is 9.92. The molecule has 1 aliphatic heterocycles. The number of hydrogen-bond donors (Lipinski definition) is 3. The zero-order valence-electron chi connectivity index (χ0n) is 25.9. The number of aliphatic hydroxyl groups is 1. The molecule has 0 saturated heterocycles. The van der Waals surface area contributed by atoms with Crippen LogP contribution in [0.2, 0.25) is 0 Å². The number of anilines is 1. The SMILES string of the molecule is CCN(CC)c1ccc2c(-c3ccc(CNCCCCCCO)cc3S(=O)(=O)O)c3ccc(=[N+](CC)CC)cc-3oc2c1. The summed E-state index contributed by atoms with van der Waals surface area (Å²) in [6, 6.07) is 17.4. The van der Waals surface area contributed by atoms with Crippen LogP contribution >= 0.6 is 0 Å². The molecule has 0 atom stereocenters. The molecule has 3 N–H and O–H groups in total. The van der Waals surface area contributed by atoms with Crippen molar-refractivity contribution in [2.75, 3.05) is 44.2 Å². The molecule has 1 aliphatic carbocycles. The first-order chi connectivity index (χ1) is 20.7. The molecule has 232 valence electrons. The molecule has 0 saturated carbocycles. The van der Waals surface area contributed by atoms with Gasteiger partial charge >= 0.3 is 0 Å². The molecule has 0 fully saturated rings. The van der Waals surface area contributed by atoms with E-state index in [9.17, 15) is 13.0 Å². The second-order valence-corrected chi connectivity index (χ2v) is 12.2. The van der Waals surface area contributed by atoms with Crippen molar-refractivity contribution in [3.63, 3.8) is 0 Å². The van der Waals surface area contributed by atoms with Gasteiger partial charge in [0.05, 0.1) is 6.07 Å². The summed E-state index contributed by atoms with van der Waals surface area (Å²) in [4.78, 5) is 2.12. The Balaban J connectivity index is 1.88. The quantitative estimate of drug-likeness (QED) is 0.0683. The van der Waals surface area contributed by atoms with Crippen molar-refractivity contribution in [1.82, 2.24) is 9.89 Å². The van der Waals surface area contributed by atoms with Crippen molar-refractivity contribution in [2.24, 2.45) is 0 Å².